The van der Waals surface area contributed by atoms with E-state index in [1.54, 1.807) is 11.8 Å². The number of nitrogens with one attached hydrogen (secondary N) is 2. The standard InChI is InChI=1S/C19H22N2O2S/c1-24-18-9-7-15(8-10-18)20-16-11-17(12-16)21-19(22)23-13-14-5-3-2-4-6-14/h2-10,16-17,20H,11-13H2,1H3,(H,21,22). The van der Waals surface area contributed by atoms with Crippen molar-refractivity contribution in [2.75, 3.05) is 11.6 Å². The molecule has 0 aliphatic heterocycles. The Bertz CT molecular complexity index is 655. The Morgan fingerprint density at radius 3 is 2.46 bits per heavy atom. The molecule has 2 N–H and O–H groups in total. The van der Waals surface area contributed by atoms with E-state index in [0.29, 0.717) is 12.6 Å². The number of carbonyl (C=O) groups excluding carboxylic acids is 1. The van der Waals surface area contributed by atoms with Crippen LogP contribution in [0, 0.1) is 0 Å². The van der Waals surface area contributed by atoms with Crippen molar-refractivity contribution in [2.45, 2.75) is 36.4 Å². The molecule has 24 heavy (non-hydrogen) atoms. The monoisotopic (exact) mass is 342 g/mol. The molecule has 1 aliphatic carbocycles. The molecule has 0 saturated heterocycles. The maximum Gasteiger partial charge on any atom is 0.407 e. The first kappa shape index (κ1) is 16.7. The zero-order valence-corrected chi connectivity index (χ0v) is 14.5. The van der Waals surface area contributed by atoms with E-state index in [4.69, 9.17) is 4.74 Å². The lowest BCUT2D eigenvalue weighted by atomic mass is 9.86. The molecule has 1 aliphatic rings. The summed E-state index contributed by atoms with van der Waals surface area (Å²) in [7, 11) is 0. The van der Waals surface area contributed by atoms with E-state index in [1.165, 1.54) is 4.90 Å². The number of thioether (sulfide) groups is 1. The second kappa shape index (κ2) is 8.11. The van der Waals surface area contributed by atoms with Gasteiger partial charge in [0.1, 0.15) is 6.61 Å². The maximum atomic E-state index is 11.8. The average Bonchev–Trinajstić information content (AvgIpc) is 2.59. The minimum absolute atomic E-state index is 0.191. The van der Waals surface area contributed by atoms with E-state index in [9.17, 15) is 4.79 Å². The number of benzene rings is 2. The minimum Gasteiger partial charge on any atom is -0.445 e. The first-order valence-electron chi connectivity index (χ1n) is 8.11. The SMILES string of the molecule is CSc1ccc(NC2CC(NC(=O)OCc3ccccc3)C2)cc1. The zero-order chi connectivity index (χ0) is 16.8. The summed E-state index contributed by atoms with van der Waals surface area (Å²) in [6, 6.07) is 18.7. The van der Waals surface area contributed by atoms with Crippen LogP contribution in [0.2, 0.25) is 0 Å². The van der Waals surface area contributed by atoms with Gasteiger partial charge in [0, 0.05) is 22.7 Å². The van der Waals surface area contributed by atoms with Gasteiger partial charge < -0.3 is 15.4 Å². The van der Waals surface area contributed by atoms with Gasteiger partial charge in [-0.25, -0.2) is 4.79 Å². The van der Waals surface area contributed by atoms with Gasteiger partial charge >= 0.3 is 6.09 Å². The molecule has 4 nitrogen and oxygen atoms in total. The molecule has 0 aromatic heterocycles. The predicted octanol–water partition coefficient (Wildman–Crippen LogP) is 4.28. The van der Waals surface area contributed by atoms with E-state index < -0.39 is 0 Å². The van der Waals surface area contributed by atoms with Gasteiger partial charge in [0.05, 0.1) is 0 Å². The molecule has 2 aromatic rings. The number of hydrogen-bond donors (Lipinski definition) is 2. The average molecular weight is 342 g/mol. The highest BCUT2D eigenvalue weighted by Gasteiger charge is 2.30. The van der Waals surface area contributed by atoms with E-state index in [-0.39, 0.29) is 12.1 Å². The summed E-state index contributed by atoms with van der Waals surface area (Å²) in [6.45, 7) is 0.308. The number of ether oxygens (including phenoxy) is 1. The number of rotatable bonds is 6. The molecule has 0 bridgehead atoms. The predicted molar refractivity (Wildman–Crippen MR) is 98.4 cm³/mol. The van der Waals surface area contributed by atoms with Crippen LogP contribution in [0.5, 0.6) is 0 Å². The minimum atomic E-state index is -0.341. The number of alkyl carbamates (subject to hydrolysis) is 1. The normalized spacial score (nSPS) is 19.2. The third kappa shape index (κ3) is 4.68. The van der Waals surface area contributed by atoms with E-state index in [1.807, 2.05) is 30.3 Å². The first-order chi connectivity index (χ1) is 11.7. The van der Waals surface area contributed by atoms with Gasteiger partial charge in [0.15, 0.2) is 0 Å². The van der Waals surface area contributed by atoms with E-state index in [2.05, 4.69) is 41.2 Å². The van der Waals surface area contributed by atoms with Gasteiger partial charge in [-0.3, -0.25) is 0 Å². The summed E-state index contributed by atoms with van der Waals surface area (Å²) < 4.78 is 5.24. The third-order valence-electron chi connectivity index (χ3n) is 4.13. The summed E-state index contributed by atoms with van der Waals surface area (Å²) in [5.74, 6) is 0. The Kier molecular flexibility index (Phi) is 5.64. The maximum absolute atomic E-state index is 11.8. The smallest absolute Gasteiger partial charge is 0.407 e. The molecule has 0 spiro atoms. The Morgan fingerprint density at radius 1 is 1.08 bits per heavy atom. The molecule has 1 fully saturated rings. The van der Waals surface area contributed by atoms with Crippen LogP contribution in [-0.4, -0.2) is 24.4 Å². The number of amides is 1. The number of anilines is 1. The van der Waals surface area contributed by atoms with Gasteiger partial charge in [-0.15, -0.1) is 11.8 Å². The highest BCUT2D eigenvalue weighted by atomic mass is 32.2. The van der Waals surface area contributed by atoms with Crippen molar-refractivity contribution in [3.63, 3.8) is 0 Å². The molecule has 1 amide bonds. The van der Waals surface area contributed by atoms with Crippen molar-refractivity contribution in [1.29, 1.82) is 0 Å². The quantitative estimate of drug-likeness (QED) is 0.770. The second-order valence-electron chi connectivity index (χ2n) is 5.94. The second-order valence-corrected chi connectivity index (χ2v) is 6.82. The highest BCUT2D eigenvalue weighted by Crippen LogP contribution is 2.25. The molecular formula is C19H22N2O2S. The van der Waals surface area contributed by atoms with Gasteiger partial charge in [0.25, 0.3) is 0 Å². The lowest BCUT2D eigenvalue weighted by molar-refractivity contribution is 0.129. The van der Waals surface area contributed by atoms with Crippen LogP contribution >= 0.6 is 11.8 Å². The van der Waals surface area contributed by atoms with Crippen LogP contribution in [0.4, 0.5) is 10.5 Å². The van der Waals surface area contributed by atoms with Crippen LogP contribution in [0.25, 0.3) is 0 Å². The molecule has 0 atom stereocenters. The molecule has 3 rings (SSSR count). The van der Waals surface area contributed by atoms with E-state index >= 15 is 0 Å². The van der Waals surface area contributed by atoms with Crippen LogP contribution in [0.15, 0.2) is 59.5 Å². The van der Waals surface area contributed by atoms with Crippen LogP contribution in [0.3, 0.4) is 0 Å². The lowest BCUT2D eigenvalue weighted by Crippen LogP contribution is -2.49. The Morgan fingerprint density at radius 2 is 1.79 bits per heavy atom. The van der Waals surface area contributed by atoms with Crippen molar-refractivity contribution in [3.8, 4) is 0 Å². The first-order valence-corrected chi connectivity index (χ1v) is 9.33. The van der Waals surface area contributed by atoms with Gasteiger partial charge in [-0.05, 0) is 48.9 Å². The number of hydrogen-bond acceptors (Lipinski definition) is 4. The Balaban J connectivity index is 1.35. The van der Waals surface area contributed by atoms with E-state index in [0.717, 1.165) is 24.1 Å². The van der Waals surface area contributed by atoms with Crippen LogP contribution in [0.1, 0.15) is 18.4 Å². The molecular weight excluding hydrogens is 320 g/mol. The van der Waals surface area contributed by atoms with Crippen LogP contribution in [-0.2, 0) is 11.3 Å². The summed E-state index contributed by atoms with van der Waals surface area (Å²) in [4.78, 5) is 13.1. The molecule has 0 heterocycles. The number of carbonyl (C=O) groups is 1. The zero-order valence-electron chi connectivity index (χ0n) is 13.7. The van der Waals surface area contributed by atoms with Crippen molar-refractivity contribution < 1.29 is 9.53 Å². The molecule has 0 radical (unpaired) electrons. The Hall–Kier alpha value is -2.14. The molecule has 1 saturated carbocycles. The lowest BCUT2D eigenvalue weighted by Gasteiger charge is -2.36. The van der Waals surface area contributed by atoms with Crippen molar-refractivity contribution >= 4 is 23.5 Å². The molecule has 2 aromatic carbocycles. The summed E-state index contributed by atoms with van der Waals surface area (Å²) in [6.07, 6.45) is 3.57. The fourth-order valence-corrected chi connectivity index (χ4v) is 3.12. The molecule has 0 unspecified atom stereocenters. The van der Waals surface area contributed by atoms with Gasteiger partial charge in [0.2, 0.25) is 0 Å². The fraction of sp³-hybridized carbons (Fsp3) is 0.316. The molecule has 126 valence electrons. The van der Waals surface area contributed by atoms with Gasteiger partial charge in [-0.1, -0.05) is 30.3 Å². The fourth-order valence-electron chi connectivity index (χ4n) is 2.71. The highest BCUT2D eigenvalue weighted by molar-refractivity contribution is 7.98. The van der Waals surface area contributed by atoms with Crippen molar-refractivity contribution in [3.05, 3.63) is 60.2 Å². The van der Waals surface area contributed by atoms with Crippen molar-refractivity contribution in [1.82, 2.24) is 5.32 Å². The summed E-state index contributed by atoms with van der Waals surface area (Å²) >= 11 is 1.74. The third-order valence-corrected chi connectivity index (χ3v) is 4.88. The summed E-state index contributed by atoms with van der Waals surface area (Å²) in [5, 5.41) is 6.41. The molecule has 5 heteroatoms. The largest absolute Gasteiger partial charge is 0.445 e. The van der Waals surface area contributed by atoms with Crippen LogP contribution < -0.4 is 10.6 Å². The van der Waals surface area contributed by atoms with Crippen molar-refractivity contribution in [2.24, 2.45) is 0 Å². The topological polar surface area (TPSA) is 50.4 Å². The summed E-state index contributed by atoms with van der Waals surface area (Å²) in [5.41, 5.74) is 2.12. The van der Waals surface area contributed by atoms with Gasteiger partial charge in [-0.2, -0.15) is 0 Å². The Labute approximate surface area is 147 Å².